The number of fused-ring (bicyclic) bond motifs is 1. The van der Waals surface area contributed by atoms with E-state index in [1.165, 1.54) is 6.07 Å². The van der Waals surface area contributed by atoms with Crippen LogP contribution in [0.25, 0.3) is 10.9 Å². The van der Waals surface area contributed by atoms with E-state index in [0.29, 0.717) is 5.52 Å². The molecule has 4 nitrogen and oxygen atoms in total. The second kappa shape index (κ2) is 4.59. The highest BCUT2D eigenvalue weighted by atomic mass is 35.5. The predicted octanol–water partition coefficient (Wildman–Crippen LogP) is 1.93. The molecule has 0 aliphatic carbocycles. The number of benzene rings is 1. The summed E-state index contributed by atoms with van der Waals surface area (Å²) >= 11 is 5.90. The lowest BCUT2D eigenvalue weighted by atomic mass is 10.1. The van der Waals surface area contributed by atoms with Crippen molar-refractivity contribution in [1.82, 2.24) is 4.57 Å². The Balaban J connectivity index is 2.54. The number of nitrogens with two attached hydrogens (primary N) is 1. The van der Waals surface area contributed by atoms with Crippen molar-refractivity contribution in [2.45, 2.75) is 12.5 Å². The molecule has 1 heterocycles. The molecule has 2 aromatic rings. The van der Waals surface area contributed by atoms with E-state index in [1.54, 1.807) is 23.9 Å². The minimum absolute atomic E-state index is 0.0325. The summed E-state index contributed by atoms with van der Waals surface area (Å²) in [7, 11) is 1.73. The largest absolute Gasteiger partial charge is 0.480 e. The minimum Gasteiger partial charge on any atom is -0.480 e. The Labute approximate surface area is 108 Å². The summed E-state index contributed by atoms with van der Waals surface area (Å²) in [4.78, 5) is 10.7. The number of halogens is 2. The van der Waals surface area contributed by atoms with E-state index in [2.05, 4.69) is 0 Å². The Morgan fingerprint density at radius 3 is 2.89 bits per heavy atom. The lowest BCUT2D eigenvalue weighted by Crippen LogP contribution is -2.32. The fourth-order valence-electron chi connectivity index (χ4n) is 2.00. The molecular weight excluding hydrogens is 259 g/mol. The zero-order valence-corrected chi connectivity index (χ0v) is 10.4. The Morgan fingerprint density at radius 2 is 2.28 bits per heavy atom. The summed E-state index contributed by atoms with van der Waals surface area (Å²) < 4.78 is 15.0. The van der Waals surface area contributed by atoms with Gasteiger partial charge in [-0.3, -0.25) is 4.79 Å². The topological polar surface area (TPSA) is 68.2 Å². The Bertz CT molecular complexity index is 624. The van der Waals surface area contributed by atoms with Crippen LogP contribution in [-0.4, -0.2) is 21.7 Å². The third-order valence-corrected chi connectivity index (χ3v) is 3.23. The molecule has 18 heavy (non-hydrogen) atoms. The summed E-state index contributed by atoms with van der Waals surface area (Å²) in [6.45, 7) is 0. The zero-order chi connectivity index (χ0) is 13.4. The molecular formula is C12H12ClFN2O2. The first-order chi connectivity index (χ1) is 8.41. The van der Waals surface area contributed by atoms with Crippen molar-refractivity contribution in [1.29, 1.82) is 0 Å². The van der Waals surface area contributed by atoms with E-state index in [0.717, 1.165) is 10.9 Å². The van der Waals surface area contributed by atoms with Gasteiger partial charge in [0, 0.05) is 25.1 Å². The molecule has 96 valence electrons. The van der Waals surface area contributed by atoms with Crippen molar-refractivity contribution in [2.75, 3.05) is 0 Å². The van der Waals surface area contributed by atoms with Crippen LogP contribution in [0.5, 0.6) is 0 Å². The van der Waals surface area contributed by atoms with Crippen LogP contribution in [0.15, 0.2) is 18.3 Å². The third kappa shape index (κ3) is 2.07. The molecule has 6 heteroatoms. The van der Waals surface area contributed by atoms with Crippen molar-refractivity contribution >= 4 is 28.5 Å². The number of aliphatic carboxylic acids is 1. The number of carboxylic acid groups (broad SMARTS) is 1. The van der Waals surface area contributed by atoms with E-state index in [1.807, 2.05) is 0 Å². The Kier molecular flexibility index (Phi) is 3.28. The van der Waals surface area contributed by atoms with Crippen molar-refractivity contribution < 1.29 is 14.3 Å². The maximum Gasteiger partial charge on any atom is 0.320 e. The van der Waals surface area contributed by atoms with Gasteiger partial charge >= 0.3 is 5.97 Å². The van der Waals surface area contributed by atoms with Gasteiger partial charge in [-0.25, -0.2) is 4.39 Å². The quantitative estimate of drug-likeness (QED) is 0.895. The molecule has 1 aromatic heterocycles. The standard InChI is InChI=1S/C12H12ClFN2O2/c1-16-5-6(4-9(15)12(17)18)7-2-3-8(14)10(13)11(7)16/h2-3,5,9H,4,15H2,1H3,(H,17,18). The van der Waals surface area contributed by atoms with Gasteiger partial charge in [-0.2, -0.15) is 0 Å². The highest BCUT2D eigenvalue weighted by Gasteiger charge is 2.18. The molecule has 3 N–H and O–H groups in total. The van der Waals surface area contributed by atoms with Gasteiger partial charge < -0.3 is 15.4 Å². The number of hydrogen-bond acceptors (Lipinski definition) is 2. The molecule has 0 bridgehead atoms. The molecule has 0 amide bonds. The summed E-state index contributed by atoms with van der Waals surface area (Å²) in [6.07, 6.45) is 1.90. The van der Waals surface area contributed by atoms with E-state index in [4.69, 9.17) is 22.4 Å². The average molecular weight is 271 g/mol. The van der Waals surface area contributed by atoms with E-state index in [9.17, 15) is 9.18 Å². The van der Waals surface area contributed by atoms with Gasteiger partial charge in [0.2, 0.25) is 0 Å². The van der Waals surface area contributed by atoms with Crippen LogP contribution in [0.3, 0.4) is 0 Å². The highest BCUT2D eigenvalue weighted by Crippen LogP contribution is 2.30. The lowest BCUT2D eigenvalue weighted by molar-refractivity contribution is -0.138. The van der Waals surface area contributed by atoms with E-state index in [-0.39, 0.29) is 11.4 Å². The molecule has 0 saturated heterocycles. The Morgan fingerprint density at radius 1 is 1.61 bits per heavy atom. The van der Waals surface area contributed by atoms with Crippen molar-refractivity contribution in [2.24, 2.45) is 12.8 Å². The number of hydrogen-bond donors (Lipinski definition) is 2. The van der Waals surface area contributed by atoms with Gasteiger partial charge in [0.05, 0.1) is 5.52 Å². The van der Waals surface area contributed by atoms with Crippen LogP contribution in [0.1, 0.15) is 5.56 Å². The van der Waals surface area contributed by atoms with Gasteiger partial charge in [0.1, 0.15) is 16.9 Å². The first-order valence-corrected chi connectivity index (χ1v) is 5.70. The first kappa shape index (κ1) is 12.9. The molecule has 0 aliphatic heterocycles. The monoisotopic (exact) mass is 270 g/mol. The number of nitrogens with zero attached hydrogens (tertiary/aromatic N) is 1. The van der Waals surface area contributed by atoms with Crippen molar-refractivity contribution in [3.8, 4) is 0 Å². The van der Waals surface area contributed by atoms with E-state index < -0.39 is 17.8 Å². The lowest BCUT2D eigenvalue weighted by Gasteiger charge is -2.05. The molecule has 0 radical (unpaired) electrons. The van der Waals surface area contributed by atoms with Gasteiger partial charge in [-0.15, -0.1) is 0 Å². The van der Waals surface area contributed by atoms with Crippen molar-refractivity contribution in [3.63, 3.8) is 0 Å². The summed E-state index contributed by atoms with van der Waals surface area (Å²) in [6, 6.07) is 1.86. The van der Waals surface area contributed by atoms with Crippen LogP contribution in [0.2, 0.25) is 5.02 Å². The van der Waals surface area contributed by atoms with Crippen LogP contribution < -0.4 is 5.73 Å². The first-order valence-electron chi connectivity index (χ1n) is 5.32. The fourth-order valence-corrected chi connectivity index (χ4v) is 2.30. The fraction of sp³-hybridized carbons (Fsp3) is 0.250. The maximum absolute atomic E-state index is 13.4. The molecule has 0 saturated carbocycles. The van der Waals surface area contributed by atoms with Gasteiger partial charge in [-0.1, -0.05) is 11.6 Å². The number of carbonyl (C=O) groups is 1. The summed E-state index contributed by atoms with van der Waals surface area (Å²) in [5.74, 6) is -1.57. The summed E-state index contributed by atoms with van der Waals surface area (Å²) in [5.41, 5.74) is 6.79. The number of carboxylic acids is 1. The number of rotatable bonds is 3. The van der Waals surface area contributed by atoms with Gasteiger partial charge in [-0.05, 0) is 17.7 Å². The molecule has 0 fully saturated rings. The second-order valence-electron chi connectivity index (χ2n) is 4.17. The van der Waals surface area contributed by atoms with Crippen molar-refractivity contribution in [3.05, 3.63) is 34.7 Å². The number of aryl methyl sites for hydroxylation is 1. The van der Waals surface area contributed by atoms with E-state index >= 15 is 0 Å². The van der Waals surface area contributed by atoms with Crippen LogP contribution in [0, 0.1) is 5.82 Å². The maximum atomic E-state index is 13.4. The molecule has 0 aliphatic rings. The smallest absolute Gasteiger partial charge is 0.320 e. The van der Waals surface area contributed by atoms with Gasteiger partial charge in [0.15, 0.2) is 0 Å². The minimum atomic E-state index is -1.07. The molecule has 1 unspecified atom stereocenters. The average Bonchev–Trinajstić information content (AvgIpc) is 2.61. The van der Waals surface area contributed by atoms with Crippen LogP contribution in [0.4, 0.5) is 4.39 Å². The number of aromatic nitrogens is 1. The summed E-state index contributed by atoms with van der Waals surface area (Å²) in [5, 5.41) is 9.56. The second-order valence-corrected chi connectivity index (χ2v) is 4.55. The Hall–Kier alpha value is -1.59. The molecule has 1 aromatic carbocycles. The van der Waals surface area contributed by atoms with Crippen LogP contribution >= 0.6 is 11.6 Å². The molecule has 1 atom stereocenters. The van der Waals surface area contributed by atoms with Gasteiger partial charge in [0.25, 0.3) is 0 Å². The SMILES string of the molecule is Cn1cc(CC(N)C(=O)O)c2ccc(F)c(Cl)c21. The zero-order valence-electron chi connectivity index (χ0n) is 9.65. The van der Waals surface area contributed by atoms with Crippen LogP contribution in [-0.2, 0) is 18.3 Å². The normalized spacial score (nSPS) is 12.9. The highest BCUT2D eigenvalue weighted by molar-refractivity contribution is 6.35. The molecule has 0 spiro atoms. The third-order valence-electron chi connectivity index (χ3n) is 2.87. The predicted molar refractivity (Wildman–Crippen MR) is 67.2 cm³/mol. The molecule has 2 rings (SSSR count).